The molecule has 138 valence electrons. The van der Waals surface area contributed by atoms with E-state index in [9.17, 15) is 4.79 Å². The van der Waals surface area contributed by atoms with Crippen molar-refractivity contribution >= 4 is 20.5 Å². The lowest BCUT2D eigenvalue weighted by atomic mass is 9.63. The van der Waals surface area contributed by atoms with Crippen LogP contribution >= 0.6 is 8.81 Å². The fourth-order valence-corrected chi connectivity index (χ4v) is 3.43. The van der Waals surface area contributed by atoms with E-state index >= 15 is 0 Å². The highest BCUT2D eigenvalue weighted by Gasteiger charge is 2.47. The van der Waals surface area contributed by atoms with E-state index < -0.39 is 10.8 Å². The van der Waals surface area contributed by atoms with Gasteiger partial charge >= 0.3 is 5.97 Å². The van der Waals surface area contributed by atoms with Crippen molar-refractivity contribution in [2.45, 2.75) is 27.7 Å². The van der Waals surface area contributed by atoms with E-state index in [0.717, 1.165) is 16.8 Å². The molecule has 0 aliphatic heterocycles. The van der Waals surface area contributed by atoms with Gasteiger partial charge in [-0.05, 0) is 37.2 Å². The summed E-state index contributed by atoms with van der Waals surface area (Å²) in [4.78, 5) is 17.1. The highest BCUT2D eigenvalue weighted by atomic mass is 31.1. The third-order valence-corrected chi connectivity index (χ3v) is 5.74. The molecule has 0 spiro atoms. The molecular formula is C22H28NO2P. The maximum absolute atomic E-state index is 12.5. The predicted molar refractivity (Wildman–Crippen MR) is 112 cm³/mol. The minimum absolute atomic E-state index is 0.144. The normalized spacial score (nSPS) is 13.2. The summed E-state index contributed by atoms with van der Waals surface area (Å²) in [6.45, 7) is 9.83. The van der Waals surface area contributed by atoms with Crippen molar-refractivity contribution in [2.24, 2.45) is 15.8 Å². The summed E-state index contributed by atoms with van der Waals surface area (Å²) in [5.74, 6) is -0.189. The summed E-state index contributed by atoms with van der Waals surface area (Å²) in [5, 5.41) is 0. The predicted octanol–water partition coefficient (Wildman–Crippen LogP) is 5.59. The van der Waals surface area contributed by atoms with E-state index in [1.54, 1.807) is 7.05 Å². The van der Waals surface area contributed by atoms with Gasteiger partial charge in [0.15, 0.2) is 0 Å². The molecule has 0 aromatic heterocycles. The van der Waals surface area contributed by atoms with Crippen LogP contribution in [-0.4, -0.2) is 25.4 Å². The number of hydrogen-bond donors (Lipinski definition) is 0. The third-order valence-electron chi connectivity index (χ3n) is 5.35. The Balaban J connectivity index is 2.37. The largest absolute Gasteiger partial charge is 0.448 e. The van der Waals surface area contributed by atoms with E-state index in [-0.39, 0.29) is 14.8 Å². The lowest BCUT2D eigenvalue weighted by Crippen LogP contribution is -2.45. The average Bonchev–Trinajstić information content (AvgIpc) is 2.63. The van der Waals surface area contributed by atoms with Crippen LogP contribution in [0.15, 0.2) is 59.6 Å². The Morgan fingerprint density at radius 3 is 1.92 bits per heavy atom. The Kier molecular flexibility index (Phi) is 6.36. The highest BCUT2D eigenvalue weighted by Crippen LogP contribution is 2.43. The molecule has 0 saturated heterocycles. The summed E-state index contributed by atoms with van der Waals surface area (Å²) < 4.78 is 5.33. The number of hydrogen-bond acceptors (Lipinski definition) is 3. The Morgan fingerprint density at radius 1 is 0.885 bits per heavy atom. The van der Waals surface area contributed by atoms with Crippen LogP contribution in [0.2, 0.25) is 0 Å². The maximum Gasteiger partial charge on any atom is 0.314 e. The molecule has 3 nitrogen and oxygen atoms in total. The molecule has 0 bridgehead atoms. The first kappa shape index (κ1) is 20.3. The first-order valence-corrected chi connectivity index (χ1v) is 10.2. The zero-order valence-corrected chi connectivity index (χ0v) is 17.5. The minimum Gasteiger partial charge on any atom is -0.448 e. The van der Waals surface area contributed by atoms with Gasteiger partial charge in [0.2, 0.25) is 0 Å². The zero-order valence-electron chi connectivity index (χ0n) is 16.5. The van der Waals surface area contributed by atoms with Crippen molar-refractivity contribution in [1.29, 1.82) is 0 Å². The molecule has 2 aromatic carbocycles. The van der Waals surface area contributed by atoms with Gasteiger partial charge in [-0.2, -0.15) is 0 Å². The van der Waals surface area contributed by atoms with Crippen molar-refractivity contribution < 1.29 is 9.32 Å². The molecule has 26 heavy (non-hydrogen) atoms. The number of carbonyl (C=O) groups excluding carboxylic acids is 1. The first-order valence-electron chi connectivity index (χ1n) is 8.77. The molecule has 0 amide bonds. The summed E-state index contributed by atoms with van der Waals surface area (Å²) in [5.41, 5.74) is 3.10. The summed E-state index contributed by atoms with van der Waals surface area (Å²) in [7, 11) is 1.93. The highest BCUT2D eigenvalue weighted by molar-refractivity contribution is 7.31. The number of aliphatic imine (C=N–C) groups is 1. The van der Waals surface area contributed by atoms with Gasteiger partial charge in [-0.3, -0.25) is 9.79 Å². The van der Waals surface area contributed by atoms with Crippen molar-refractivity contribution in [3.63, 3.8) is 0 Å². The average molecular weight is 369 g/mol. The van der Waals surface area contributed by atoms with Crippen LogP contribution in [-0.2, 0) is 9.32 Å². The van der Waals surface area contributed by atoms with Gasteiger partial charge in [0.25, 0.3) is 0 Å². The quantitative estimate of drug-likeness (QED) is 0.492. The Hall–Kier alpha value is -1.99. The molecule has 0 aliphatic carbocycles. The van der Waals surface area contributed by atoms with Crippen LogP contribution in [0.5, 0.6) is 0 Å². The van der Waals surface area contributed by atoms with Gasteiger partial charge in [0, 0.05) is 18.2 Å². The lowest BCUT2D eigenvalue weighted by Gasteiger charge is -2.40. The fraction of sp³-hybridized carbons (Fsp3) is 0.364. The maximum atomic E-state index is 12.5. The van der Waals surface area contributed by atoms with E-state index in [2.05, 4.69) is 55.2 Å². The molecule has 0 radical (unpaired) electrons. The zero-order chi connectivity index (χ0) is 19.4. The molecule has 0 N–H and O–H groups in total. The molecule has 0 heterocycles. The number of rotatable bonds is 6. The van der Waals surface area contributed by atoms with Crippen LogP contribution in [0.4, 0.5) is 0 Å². The van der Waals surface area contributed by atoms with Crippen molar-refractivity contribution in [2.75, 3.05) is 13.7 Å². The molecule has 0 saturated carbocycles. The van der Waals surface area contributed by atoms with Gasteiger partial charge < -0.3 is 4.52 Å². The van der Waals surface area contributed by atoms with E-state index in [1.165, 1.54) is 5.56 Å². The Labute approximate surface area is 158 Å². The monoisotopic (exact) mass is 369 g/mol. The lowest BCUT2D eigenvalue weighted by molar-refractivity contribution is -0.147. The van der Waals surface area contributed by atoms with Gasteiger partial charge in [-0.25, -0.2) is 0 Å². The molecule has 4 heteroatoms. The summed E-state index contributed by atoms with van der Waals surface area (Å²) in [6, 6.07) is 18.6. The molecule has 1 atom stereocenters. The van der Waals surface area contributed by atoms with Crippen molar-refractivity contribution in [1.82, 2.24) is 0 Å². The van der Waals surface area contributed by atoms with Gasteiger partial charge in [-0.15, -0.1) is 0 Å². The van der Waals surface area contributed by atoms with E-state index in [4.69, 9.17) is 4.52 Å². The molecular weight excluding hydrogens is 341 g/mol. The van der Waals surface area contributed by atoms with E-state index in [1.807, 2.05) is 38.7 Å². The number of nitrogens with zero attached hydrogens (tertiary/aromatic N) is 1. The fourth-order valence-electron chi connectivity index (χ4n) is 2.99. The molecule has 0 aliphatic rings. The van der Waals surface area contributed by atoms with E-state index in [0.29, 0.717) is 0 Å². The Morgan fingerprint density at radius 2 is 1.42 bits per heavy atom. The Bertz CT molecular complexity index is 778. The van der Waals surface area contributed by atoms with Crippen LogP contribution in [0.1, 0.15) is 33.3 Å². The number of carbonyl (C=O) groups is 1. The van der Waals surface area contributed by atoms with Gasteiger partial charge in [0.1, 0.15) is 0 Å². The van der Waals surface area contributed by atoms with Crippen molar-refractivity contribution in [3.8, 4) is 11.1 Å². The van der Waals surface area contributed by atoms with Crippen molar-refractivity contribution in [3.05, 3.63) is 60.2 Å². The second kappa shape index (κ2) is 8.14. The van der Waals surface area contributed by atoms with Crippen LogP contribution in [0, 0.1) is 10.8 Å². The van der Waals surface area contributed by atoms with Gasteiger partial charge in [0.05, 0.1) is 14.2 Å². The standard InChI is InChI=1S/C22H28NO2P/c1-21(2,22(3,4)20(24)25-26-6)19(23-5)18-14-12-17(13-15-18)16-10-8-7-9-11-16/h7-15,26H,1-6H3. The van der Waals surface area contributed by atoms with Gasteiger partial charge in [-0.1, -0.05) is 68.4 Å². The van der Waals surface area contributed by atoms with Crippen LogP contribution < -0.4 is 0 Å². The third kappa shape index (κ3) is 3.88. The molecule has 2 aromatic rings. The van der Waals surface area contributed by atoms with Crippen LogP contribution in [0.25, 0.3) is 11.1 Å². The topological polar surface area (TPSA) is 38.7 Å². The minimum atomic E-state index is -0.692. The molecule has 1 unspecified atom stereocenters. The molecule has 0 fully saturated rings. The molecule has 2 rings (SSSR count). The second-order valence-corrected chi connectivity index (χ2v) is 7.97. The smallest absolute Gasteiger partial charge is 0.314 e. The first-order chi connectivity index (χ1) is 12.3. The van der Waals surface area contributed by atoms with Crippen LogP contribution in [0.3, 0.4) is 0 Å². The summed E-state index contributed by atoms with van der Waals surface area (Å²) in [6.07, 6.45) is 0. The number of benzene rings is 2. The SMILES string of the molecule is CN=C(c1ccc(-c2ccccc2)cc1)C(C)(C)C(C)(C)C(=O)OPC. The second-order valence-electron chi connectivity index (χ2n) is 7.36. The summed E-state index contributed by atoms with van der Waals surface area (Å²) >= 11 is 0.